The van der Waals surface area contributed by atoms with Gasteiger partial charge in [0.2, 0.25) is 11.9 Å². The molecule has 0 aliphatic carbocycles. The number of hydrogen-bond acceptors (Lipinski definition) is 6. The summed E-state index contributed by atoms with van der Waals surface area (Å²) in [5.74, 6) is 0.504. The van der Waals surface area contributed by atoms with Crippen LogP contribution in [0.5, 0.6) is 0 Å². The predicted molar refractivity (Wildman–Crippen MR) is 135 cm³/mol. The van der Waals surface area contributed by atoms with E-state index >= 15 is 0 Å². The molecule has 1 amide bonds. The lowest BCUT2D eigenvalue weighted by Gasteiger charge is -2.39. The standard InChI is InChI=1S/C26H32N6O2/c1-5-23(33)32-14-13-30(16-18(32)3)17-20-7-9-21(10-8-20)19(4)28-26-27-15-22-11-12-24(34)31(6-2)25(22)29-26/h5,7-12,15,18-19H,1,6,13-14,16-17H2,2-4H3,(H,27,28,29)/t18?,19-/m0/s1. The molecule has 1 N–H and O–H groups in total. The number of rotatable bonds is 7. The summed E-state index contributed by atoms with van der Waals surface area (Å²) in [6, 6.07) is 12.0. The number of aryl methyl sites for hydroxylation is 1. The molecule has 0 bridgehead atoms. The molecule has 0 radical (unpaired) electrons. The van der Waals surface area contributed by atoms with Crippen molar-refractivity contribution in [1.82, 2.24) is 24.3 Å². The minimum absolute atomic E-state index is 0.00509. The average molecular weight is 461 g/mol. The molecule has 3 aromatic rings. The summed E-state index contributed by atoms with van der Waals surface area (Å²) in [7, 11) is 0. The second-order valence-corrected chi connectivity index (χ2v) is 8.82. The lowest BCUT2D eigenvalue weighted by atomic mass is 10.1. The lowest BCUT2D eigenvalue weighted by Crippen LogP contribution is -2.53. The van der Waals surface area contributed by atoms with E-state index in [-0.39, 0.29) is 23.6 Å². The van der Waals surface area contributed by atoms with Crippen molar-refractivity contribution < 1.29 is 4.79 Å². The number of carbonyl (C=O) groups excluding carboxylic acids is 1. The Bertz CT molecular complexity index is 1240. The van der Waals surface area contributed by atoms with Crippen molar-refractivity contribution in [3.05, 3.63) is 76.7 Å². The summed E-state index contributed by atoms with van der Waals surface area (Å²) in [4.78, 5) is 37.4. The number of carbonyl (C=O) groups is 1. The number of aromatic nitrogens is 3. The molecule has 1 aromatic carbocycles. The second kappa shape index (κ2) is 10.2. The van der Waals surface area contributed by atoms with Gasteiger partial charge < -0.3 is 10.2 Å². The number of pyridine rings is 1. The molecule has 8 nitrogen and oxygen atoms in total. The van der Waals surface area contributed by atoms with E-state index in [2.05, 4.69) is 64.9 Å². The first-order valence-corrected chi connectivity index (χ1v) is 11.8. The summed E-state index contributed by atoms with van der Waals surface area (Å²) in [6.07, 6.45) is 3.14. The van der Waals surface area contributed by atoms with Gasteiger partial charge in [-0.25, -0.2) is 4.98 Å². The number of nitrogens with zero attached hydrogens (tertiary/aromatic N) is 5. The Morgan fingerprint density at radius 2 is 2.00 bits per heavy atom. The van der Waals surface area contributed by atoms with E-state index in [0.29, 0.717) is 18.1 Å². The third-order valence-corrected chi connectivity index (χ3v) is 6.44. The minimum Gasteiger partial charge on any atom is -0.348 e. The number of fused-ring (bicyclic) bond motifs is 1. The van der Waals surface area contributed by atoms with Crippen LogP contribution >= 0.6 is 0 Å². The normalized spacial score (nSPS) is 17.5. The molecule has 1 unspecified atom stereocenters. The van der Waals surface area contributed by atoms with E-state index in [1.165, 1.54) is 11.6 Å². The molecule has 178 valence electrons. The van der Waals surface area contributed by atoms with Gasteiger partial charge in [0, 0.05) is 56.4 Å². The average Bonchev–Trinajstić information content (AvgIpc) is 2.84. The predicted octanol–water partition coefficient (Wildman–Crippen LogP) is 3.20. The third-order valence-electron chi connectivity index (χ3n) is 6.44. The van der Waals surface area contributed by atoms with Crippen LogP contribution in [0.25, 0.3) is 11.0 Å². The number of anilines is 1. The number of amides is 1. The zero-order valence-corrected chi connectivity index (χ0v) is 20.1. The summed E-state index contributed by atoms with van der Waals surface area (Å²) in [6.45, 7) is 13.5. The van der Waals surface area contributed by atoms with E-state index < -0.39 is 0 Å². The second-order valence-electron chi connectivity index (χ2n) is 8.82. The van der Waals surface area contributed by atoms with E-state index in [9.17, 15) is 9.59 Å². The summed E-state index contributed by atoms with van der Waals surface area (Å²) in [5, 5.41) is 4.20. The van der Waals surface area contributed by atoms with Gasteiger partial charge in [0.1, 0.15) is 5.65 Å². The first kappa shape index (κ1) is 23.6. The molecule has 3 heterocycles. The third kappa shape index (κ3) is 5.02. The zero-order chi connectivity index (χ0) is 24.2. The van der Waals surface area contributed by atoms with E-state index in [0.717, 1.165) is 37.1 Å². The van der Waals surface area contributed by atoms with Crippen LogP contribution in [0.3, 0.4) is 0 Å². The van der Waals surface area contributed by atoms with Gasteiger partial charge in [-0.15, -0.1) is 0 Å². The highest BCUT2D eigenvalue weighted by molar-refractivity contribution is 5.87. The fourth-order valence-corrected chi connectivity index (χ4v) is 4.51. The molecule has 0 saturated carbocycles. The van der Waals surface area contributed by atoms with Gasteiger partial charge >= 0.3 is 0 Å². The number of piperazine rings is 1. The Balaban J connectivity index is 1.40. The molecule has 1 aliphatic heterocycles. The summed E-state index contributed by atoms with van der Waals surface area (Å²) < 4.78 is 1.65. The van der Waals surface area contributed by atoms with Gasteiger partial charge in [-0.2, -0.15) is 4.98 Å². The molecule has 8 heteroatoms. The van der Waals surface area contributed by atoms with Crippen LogP contribution in [0.15, 0.2) is 60.0 Å². The van der Waals surface area contributed by atoms with Crippen molar-refractivity contribution in [3.8, 4) is 0 Å². The molecule has 1 aliphatic rings. The Kier molecular flexibility index (Phi) is 7.07. The van der Waals surface area contributed by atoms with Gasteiger partial charge in [-0.1, -0.05) is 30.8 Å². The maximum atomic E-state index is 12.1. The number of benzene rings is 1. The summed E-state index contributed by atoms with van der Waals surface area (Å²) in [5.41, 5.74) is 2.94. The van der Waals surface area contributed by atoms with Crippen LogP contribution in [0, 0.1) is 0 Å². The molecule has 2 aromatic heterocycles. The monoisotopic (exact) mass is 460 g/mol. The number of nitrogens with one attached hydrogen (secondary N) is 1. The van der Waals surface area contributed by atoms with Gasteiger partial charge in [-0.3, -0.25) is 19.1 Å². The van der Waals surface area contributed by atoms with Gasteiger partial charge in [-0.05, 0) is 44.0 Å². The smallest absolute Gasteiger partial charge is 0.252 e. The Morgan fingerprint density at radius 1 is 1.24 bits per heavy atom. The first-order valence-electron chi connectivity index (χ1n) is 11.8. The summed E-state index contributed by atoms with van der Waals surface area (Å²) >= 11 is 0. The Labute approximate surface area is 199 Å². The SMILES string of the molecule is C=CC(=O)N1CCN(Cc2ccc([C@H](C)Nc3ncc4ccc(=O)n(CC)c4n3)cc2)CC1C. The maximum Gasteiger partial charge on any atom is 0.252 e. The van der Waals surface area contributed by atoms with E-state index in [1.54, 1.807) is 22.9 Å². The molecule has 2 atom stereocenters. The lowest BCUT2D eigenvalue weighted by molar-refractivity contribution is -0.130. The van der Waals surface area contributed by atoms with Gasteiger partial charge in [0.15, 0.2) is 0 Å². The minimum atomic E-state index is -0.0635. The van der Waals surface area contributed by atoms with Crippen molar-refractivity contribution >= 4 is 22.9 Å². The van der Waals surface area contributed by atoms with Crippen molar-refractivity contribution in [3.63, 3.8) is 0 Å². The molecule has 34 heavy (non-hydrogen) atoms. The van der Waals surface area contributed by atoms with Crippen LogP contribution in [-0.2, 0) is 17.9 Å². The maximum absolute atomic E-state index is 12.1. The fourth-order valence-electron chi connectivity index (χ4n) is 4.51. The number of hydrogen-bond donors (Lipinski definition) is 1. The zero-order valence-electron chi connectivity index (χ0n) is 20.1. The molecular weight excluding hydrogens is 428 g/mol. The van der Waals surface area contributed by atoms with Crippen LogP contribution in [-0.4, -0.2) is 55.9 Å². The highest BCUT2D eigenvalue weighted by Crippen LogP contribution is 2.20. The molecular formula is C26H32N6O2. The highest BCUT2D eigenvalue weighted by Gasteiger charge is 2.25. The van der Waals surface area contributed by atoms with Crippen LogP contribution in [0.2, 0.25) is 0 Å². The molecule has 4 rings (SSSR count). The van der Waals surface area contributed by atoms with Crippen LogP contribution in [0.4, 0.5) is 5.95 Å². The van der Waals surface area contributed by atoms with E-state index in [4.69, 9.17) is 0 Å². The Hall–Kier alpha value is -3.52. The van der Waals surface area contributed by atoms with Crippen molar-refractivity contribution in [1.29, 1.82) is 0 Å². The largest absolute Gasteiger partial charge is 0.348 e. The van der Waals surface area contributed by atoms with Crippen LogP contribution < -0.4 is 10.9 Å². The van der Waals surface area contributed by atoms with Gasteiger partial charge in [0.05, 0.1) is 6.04 Å². The van der Waals surface area contributed by atoms with E-state index in [1.807, 2.05) is 11.8 Å². The topological polar surface area (TPSA) is 83.4 Å². The molecule has 1 fully saturated rings. The quantitative estimate of drug-likeness (QED) is 0.545. The van der Waals surface area contributed by atoms with Crippen molar-refractivity contribution in [2.45, 2.75) is 45.9 Å². The molecule has 0 spiro atoms. The van der Waals surface area contributed by atoms with Gasteiger partial charge in [0.25, 0.3) is 5.56 Å². The Morgan fingerprint density at radius 3 is 2.68 bits per heavy atom. The van der Waals surface area contributed by atoms with Crippen LogP contribution in [0.1, 0.15) is 37.9 Å². The first-order chi connectivity index (χ1) is 16.4. The molecule has 1 saturated heterocycles. The van der Waals surface area contributed by atoms with Crippen molar-refractivity contribution in [2.24, 2.45) is 0 Å². The fraction of sp³-hybridized carbons (Fsp3) is 0.385. The highest BCUT2D eigenvalue weighted by atomic mass is 16.2. The van der Waals surface area contributed by atoms with Crippen molar-refractivity contribution in [2.75, 3.05) is 25.0 Å².